The van der Waals surface area contributed by atoms with E-state index in [1.54, 1.807) is 0 Å². The molecule has 0 aromatic heterocycles. The maximum absolute atomic E-state index is 13.1. The van der Waals surface area contributed by atoms with Crippen LogP contribution in [0.2, 0.25) is 0 Å². The van der Waals surface area contributed by atoms with Crippen molar-refractivity contribution >= 4 is 5.78 Å². The number of rotatable bonds is 17. The van der Waals surface area contributed by atoms with E-state index in [4.69, 9.17) is 61.6 Å². The summed E-state index contributed by atoms with van der Waals surface area (Å²) in [6.45, 7) is 10.8. The summed E-state index contributed by atoms with van der Waals surface area (Å²) >= 11 is 0. The van der Waals surface area contributed by atoms with Crippen LogP contribution in [0.1, 0.15) is 113 Å². The van der Waals surface area contributed by atoms with Gasteiger partial charge in [0.25, 0.3) is 0 Å². The normalized spacial score (nSPS) is 54.8. The van der Waals surface area contributed by atoms with Crippen LogP contribution in [0.15, 0.2) is 11.1 Å². The number of ketones is 1. The van der Waals surface area contributed by atoms with Crippen LogP contribution in [0.3, 0.4) is 0 Å². The molecule has 11 rings (SSSR count). The lowest BCUT2D eigenvalue weighted by Crippen LogP contribution is -2.68. The van der Waals surface area contributed by atoms with Crippen LogP contribution in [0, 0.1) is 33.5 Å². The molecule has 7 saturated heterocycles. The predicted molar refractivity (Wildman–Crippen MR) is 306 cm³/mol. The molecule has 528 valence electrons. The van der Waals surface area contributed by atoms with Gasteiger partial charge >= 0.3 is 0 Å². The lowest BCUT2D eigenvalue weighted by molar-refractivity contribution is -0.408. The molecule has 1 spiro atoms. The van der Waals surface area contributed by atoms with Crippen LogP contribution < -0.4 is 0 Å². The largest absolute Gasteiger partial charge is 0.396 e. The van der Waals surface area contributed by atoms with Gasteiger partial charge in [-0.2, -0.15) is 0 Å². The second-order valence-electron chi connectivity index (χ2n) is 28.8. The fraction of sp³-hybridized carbons (Fsp3) is 0.952. The van der Waals surface area contributed by atoms with Crippen molar-refractivity contribution in [3.63, 3.8) is 0 Å². The van der Waals surface area contributed by atoms with Gasteiger partial charge in [0.2, 0.25) is 0 Å². The molecule has 16 N–H and O–H groups in total. The average molecular weight is 1330 g/mol. The Morgan fingerprint density at radius 2 is 1.09 bits per heavy atom. The van der Waals surface area contributed by atoms with Gasteiger partial charge in [0.05, 0.1) is 57.5 Å². The van der Waals surface area contributed by atoms with Gasteiger partial charge in [0.15, 0.2) is 43.5 Å². The van der Waals surface area contributed by atoms with E-state index in [0.29, 0.717) is 19.3 Å². The first-order valence-corrected chi connectivity index (χ1v) is 32.8. The van der Waals surface area contributed by atoms with Crippen molar-refractivity contribution in [3.8, 4) is 0 Å². The molecule has 0 aromatic rings. The summed E-state index contributed by atoms with van der Waals surface area (Å²) in [5.41, 5.74) is 0.790. The molecule has 4 aliphatic carbocycles. The van der Waals surface area contributed by atoms with E-state index in [2.05, 4.69) is 27.7 Å². The number of hydrogen-bond acceptors (Lipinski definition) is 30. The van der Waals surface area contributed by atoms with Crippen LogP contribution in [0.25, 0.3) is 0 Å². The SMILES string of the molecule is CCC(=O)[C@@H]1C[C@@H](C)[C@]2(CC[C@@]3(C)C4=C(CC[C@@]32C)[C@@]2(C)CC[C@H](O[C@@H]3O[C@H](CO[C@@H]5OC[C@H](O)[C@H](O)[C@H]5O[C@@H]5O[C@H](CO)[C@@H](O)[C@H](O[C@@H]6OC[C@H](O)[C@H](O)[C@H]6O[C@@H]6OC[C@@H](O)[C@H](O)[C@H]6O)[C@H]5O[C@@H]5O[C@@H](C)[C@H](O)[C@@H](O)[C@H]5O)[C@@H](O)[C@H](O)[C@H]3O)[C@](C)(CO)[C@@H]2CC4)O1. The number of hydrogen-bond donors (Lipinski definition) is 16. The van der Waals surface area contributed by atoms with E-state index < -0.39 is 222 Å². The molecule has 30 heteroatoms. The van der Waals surface area contributed by atoms with Crippen molar-refractivity contribution < 1.29 is 148 Å². The first kappa shape index (κ1) is 71.5. The quantitative estimate of drug-likeness (QED) is 0.0610. The third-order valence-corrected chi connectivity index (χ3v) is 23.9. The number of Topliss-reactive ketones (excluding diaryl/α,β-unsaturated/α-hetero) is 1. The zero-order valence-corrected chi connectivity index (χ0v) is 53.1. The Balaban J connectivity index is 0.811. The Morgan fingerprint density at radius 1 is 0.522 bits per heavy atom. The van der Waals surface area contributed by atoms with Crippen LogP contribution in [-0.2, 0) is 66.4 Å². The van der Waals surface area contributed by atoms with Gasteiger partial charge in [-0.05, 0) is 87.4 Å². The monoisotopic (exact) mass is 1320 g/mol. The number of carbonyl (C=O) groups is 1. The molecule has 92 heavy (non-hydrogen) atoms. The molecule has 7 heterocycles. The first-order chi connectivity index (χ1) is 43.4. The second-order valence-corrected chi connectivity index (χ2v) is 28.8. The molecule has 2 saturated carbocycles. The van der Waals surface area contributed by atoms with Crippen molar-refractivity contribution in [3.05, 3.63) is 11.1 Å². The van der Waals surface area contributed by atoms with Crippen molar-refractivity contribution in [2.75, 3.05) is 39.6 Å². The lowest BCUT2D eigenvalue weighted by atomic mass is 9.42. The minimum atomic E-state index is -2.05. The average Bonchev–Trinajstić information content (AvgIpc) is 1.43. The van der Waals surface area contributed by atoms with Crippen molar-refractivity contribution in [2.45, 2.75) is 296 Å². The van der Waals surface area contributed by atoms with Crippen LogP contribution in [0.4, 0.5) is 0 Å². The number of aliphatic hydroxyl groups is 16. The van der Waals surface area contributed by atoms with Gasteiger partial charge in [-0.1, -0.05) is 52.7 Å². The third kappa shape index (κ3) is 12.0. The van der Waals surface area contributed by atoms with Crippen LogP contribution in [0.5, 0.6) is 0 Å². The molecule has 0 unspecified atom stereocenters. The molecule has 0 radical (unpaired) electrons. The molecule has 0 amide bonds. The van der Waals surface area contributed by atoms with Gasteiger partial charge in [0.1, 0.15) is 128 Å². The fourth-order valence-corrected chi connectivity index (χ4v) is 18.0. The van der Waals surface area contributed by atoms with E-state index in [9.17, 15) is 86.5 Å². The number of carbonyl (C=O) groups excluding carboxylic acids is 1. The highest BCUT2D eigenvalue weighted by molar-refractivity contribution is 5.83. The minimum Gasteiger partial charge on any atom is -0.396 e. The van der Waals surface area contributed by atoms with E-state index in [0.717, 1.165) is 44.9 Å². The Hall–Kier alpha value is -1.75. The number of allylic oxidation sites excluding steroid dienone is 2. The van der Waals surface area contributed by atoms with Gasteiger partial charge in [0, 0.05) is 17.3 Å². The molecule has 30 nitrogen and oxygen atoms in total. The van der Waals surface area contributed by atoms with E-state index in [1.165, 1.54) is 18.1 Å². The summed E-state index contributed by atoms with van der Waals surface area (Å²) in [5, 5.41) is 177. The molecular formula is C62H100O30. The zero-order chi connectivity index (χ0) is 66.6. The van der Waals surface area contributed by atoms with Crippen LogP contribution >= 0.6 is 0 Å². The van der Waals surface area contributed by atoms with Crippen molar-refractivity contribution in [1.29, 1.82) is 0 Å². The molecular weight excluding hydrogens is 1220 g/mol. The fourth-order valence-electron chi connectivity index (χ4n) is 18.0. The Labute approximate surface area is 533 Å². The van der Waals surface area contributed by atoms with E-state index in [1.807, 2.05) is 13.8 Å². The summed E-state index contributed by atoms with van der Waals surface area (Å²) in [6, 6.07) is 0. The molecule has 0 bridgehead atoms. The maximum atomic E-state index is 13.1. The zero-order valence-electron chi connectivity index (χ0n) is 53.1. The smallest absolute Gasteiger partial charge is 0.187 e. The minimum absolute atomic E-state index is 0.0944. The molecule has 0 aromatic carbocycles. The van der Waals surface area contributed by atoms with Crippen molar-refractivity contribution in [1.82, 2.24) is 0 Å². The van der Waals surface area contributed by atoms with Gasteiger partial charge in [-0.3, -0.25) is 4.79 Å². The number of aliphatic hydroxyl groups excluding tert-OH is 16. The van der Waals surface area contributed by atoms with Crippen molar-refractivity contribution in [2.24, 2.45) is 33.5 Å². The number of fused-ring (bicyclic) bond motifs is 5. The summed E-state index contributed by atoms with van der Waals surface area (Å²) in [4.78, 5) is 13.1. The number of ether oxygens (including phenoxy) is 13. The lowest BCUT2D eigenvalue weighted by Gasteiger charge is -2.63. The highest BCUT2D eigenvalue weighted by Gasteiger charge is 2.72. The maximum Gasteiger partial charge on any atom is 0.187 e. The Bertz CT molecular complexity index is 2570. The summed E-state index contributed by atoms with van der Waals surface area (Å²) in [5.74, 6) is 0.262. The first-order valence-electron chi connectivity index (χ1n) is 32.8. The van der Waals surface area contributed by atoms with Gasteiger partial charge in [-0.25, -0.2) is 0 Å². The van der Waals surface area contributed by atoms with E-state index in [-0.39, 0.29) is 40.5 Å². The molecule has 9 fully saturated rings. The standard InChI is InChI=1S/C62H100O30/c1-8-28(65)32-17-24(2)62(92-32)16-15-60(6)27-9-10-35-58(4,26(27)11-14-61(60,62)7)13-12-36(59(35,5)23-64)87-54-47(79)44(76)41(73)34(86-54)22-83-55-49(39(71)30(67)20-81-55)90-57-51(91-53-46(78)43(75)37(69)25(3)84-53)48(42(74)33(18-63)85-57)88-56-50(40(72)31(68)21-82-56)89-52-45(77)38(70)29(66)19-80-52/h24-25,29-57,63-64,66-79H,8-23H2,1-7H3/t24-,25+,29-,30+,31+,32+,33-,34-,35-,36+,37+,38+,39+,40+,41-,42-,43-,44+,45-,46-,47-,48+,49-,50-,51-,52+,53+,54+,55+,56+,57+,58-,59-,60+,61+,62+/m1/s1. The summed E-state index contributed by atoms with van der Waals surface area (Å²) in [6.07, 6.45) is -42.6. The van der Waals surface area contributed by atoms with Gasteiger partial charge in [-0.15, -0.1) is 0 Å². The molecule has 36 atom stereocenters. The second kappa shape index (κ2) is 27.4. The Morgan fingerprint density at radius 3 is 1.74 bits per heavy atom. The highest BCUT2D eigenvalue weighted by Crippen LogP contribution is 2.75. The summed E-state index contributed by atoms with van der Waals surface area (Å²) in [7, 11) is 0. The van der Waals surface area contributed by atoms with E-state index >= 15 is 0 Å². The topological polar surface area (TPSA) is 461 Å². The molecule has 11 aliphatic rings. The van der Waals surface area contributed by atoms with Gasteiger partial charge < -0.3 is 143 Å². The van der Waals surface area contributed by atoms with Crippen LogP contribution in [-0.4, -0.2) is 311 Å². The predicted octanol–water partition coefficient (Wildman–Crippen LogP) is -4.51. The molecule has 7 aliphatic heterocycles. The third-order valence-electron chi connectivity index (χ3n) is 23.9. The summed E-state index contributed by atoms with van der Waals surface area (Å²) < 4.78 is 79.5. The highest BCUT2D eigenvalue weighted by atomic mass is 16.8. The Kier molecular flexibility index (Phi) is 21.3.